The summed E-state index contributed by atoms with van der Waals surface area (Å²) in [7, 11) is 0. The van der Waals surface area contributed by atoms with Gasteiger partial charge in [-0.1, -0.05) is 50.5 Å². The van der Waals surface area contributed by atoms with Crippen LogP contribution in [0.4, 0.5) is 0 Å². The molecule has 0 fully saturated rings. The molecule has 0 aliphatic rings. The Labute approximate surface area is 148 Å². The molecular formula is C19H26O6. The molecule has 0 saturated carbocycles. The average Bonchev–Trinajstić information content (AvgIpc) is 2.64. The lowest BCUT2D eigenvalue weighted by molar-refractivity contribution is -0.284. The van der Waals surface area contributed by atoms with Gasteiger partial charge < -0.3 is 9.47 Å². The van der Waals surface area contributed by atoms with Crippen LogP contribution in [0.1, 0.15) is 56.3 Å². The maximum Gasteiger partial charge on any atom is 0.330 e. The third-order valence-corrected chi connectivity index (χ3v) is 3.66. The van der Waals surface area contributed by atoms with Crippen molar-refractivity contribution in [2.24, 2.45) is 0 Å². The lowest BCUT2D eigenvalue weighted by Gasteiger charge is -2.13. The molecule has 1 aromatic carbocycles. The van der Waals surface area contributed by atoms with Gasteiger partial charge in [0.2, 0.25) is 0 Å². The van der Waals surface area contributed by atoms with E-state index in [1.54, 1.807) is 30.3 Å². The van der Waals surface area contributed by atoms with Crippen molar-refractivity contribution in [1.29, 1.82) is 0 Å². The Bertz CT molecular complexity index is 523. The smallest absolute Gasteiger partial charge is 0.330 e. The van der Waals surface area contributed by atoms with Gasteiger partial charge in [-0.3, -0.25) is 10.1 Å². The van der Waals surface area contributed by atoms with Crippen molar-refractivity contribution in [3.8, 4) is 0 Å². The van der Waals surface area contributed by atoms with Gasteiger partial charge in [-0.05, 0) is 23.6 Å². The standard InChI is InChI=1S/C19H26O6/c1-2-3-4-5-13-24-19(21)11-8-16-6-9-17(10-7-16)18(25-22)12-14-23-15-20/h6-11,15,18,22H,2-5,12-14H2,1H3. The minimum Gasteiger partial charge on any atom is -0.468 e. The second-order valence-corrected chi connectivity index (χ2v) is 5.58. The maximum atomic E-state index is 11.6. The van der Waals surface area contributed by atoms with Gasteiger partial charge in [0, 0.05) is 12.5 Å². The minimum atomic E-state index is -0.578. The Morgan fingerprint density at radius 3 is 2.56 bits per heavy atom. The number of unbranched alkanes of at least 4 members (excludes halogenated alkanes) is 3. The molecule has 6 nitrogen and oxygen atoms in total. The molecule has 0 aromatic heterocycles. The van der Waals surface area contributed by atoms with E-state index in [9.17, 15) is 9.59 Å². The van der Waals surface area contributed by atoms with Crippen LogP contribution in [-0.2, 0) is 24.0 Å². The molecule has 0 radical (unpaired) electrons. The SMILES string of the molecule is CCCCCCOC(=O)C=Cc1ccc(C(CCOC=O)OO)cc1. The molecule has 1 aromatic rings. The van der Waals surface area contributed by atoms with E-state index in [1.807, 2.05) is 0 Å². The predicted molar refractivity (Wildman–Crippen MR) is 93.7 cm³/mol. The number of esters is 1. The van der Waals surface area contributed by atoms with Gasteiger partial charge >= 0.3 is 5.97 Å². The van der Waals surface area contributed by atoms with E-state index in [2.05, 4.69) is 16.5 Å². The minimum absolute atomic E-state index is 0.153. The van der Waals surface area contributed by atoms with Gasteiger partial charge in [0.1, 0.15) is 6.10 Å². The van der Waals surface area contributed by atoms with E-state index in [1.165, 1.54) is 6.08 Å². The number of carbonyl (C=O) groups excluding carboxylic acids is 2. The zero-order valence-corrected chi connectivity index (χ0v) is 14.6. The van der Waals surface area contributed by atoms with Crippen LogP contribution in [0.2, 0.25) is 0 Å². The largest absolute Gasteiger partial charge is 0.468 e. The van der Waals surface area contributed by atoms with Crippen LogP contribution in [0.15, 0.2) is 30.3 Å². The van der Waals surface area contributed by atoms with Crippen LogP contribution in [0, 0.1) is 0 Å². The van der Waals surface area contributed by atoms with Crippen LogP contribution in [0.25, 0.3) is 6.08 Å². The van der Waals surface area contributed by atoms with Crippen molar-refractivity contribution in [2.45, 2.75) is 45.1 Å². The molecule has 0 aliphatic heterocycles. The van der Waals surface area contributed by atoms with Crippen molar-refractivity contribution in [2.75, 3.05) is 13.2 Å². The van der Waals surface area contributed by atoms with Crippen LogP contribution < -0.4 is 0 Å². The molecule has 0 amide bonds. The van der Waals surface area contributed by atoms with Crippen LogP contribution in [0.3, 0.4) is 0 Å². The van der Waals surface area contributed by atoms with Crippen molar-refractivity contribution >= 4 is 18.5 Å². The number of ether oxygens (including phenoxy) is 2. The van der Waals surface area contributed by atoms with Gasteiger partial charge in [0.05, 0.1) is 13.2 Å². The fourth-order valence-corrected chi connectivity index (χ4v) is 2.24. The maximum absolute atomic E-state index is 11.6. The molecule has 1 atom stereocenters. The Morgan fingerprint density at radius 1 is 1.16 bits per heavy atom. The molecule has 0 spiro atoms. The molecule has 138 valence electrons. The average molecular weight is 350 g/mol. The topological polar surface area (TPSA) is 82.1 Å². The Hall–Kier alpha value is -2.18. The fraction of sp³-hybridized carbons (Fsp3) is 0.474. The fourth-order valence-electron chi connectivity index (χ4n) is 2.24. The molecule has 25 heavy (non-hydrogen) atoms. The summed E-state index contributed by atoms with van der Waals surface area (Å²) in [5.74, 6) is -0.358. The lowest BCUT2D eigenvalue weighted by Crippen LogP contribution is -2.06. The highest BCUT2D eigenvalue weighted by atomic mass is 17.1. The molecule has 0 bridgehead atoms. The third kappa shape index (κ3) is 9.02. The number of rotatable bonds is 13. The quantitative estimate of drug-likeness (QED) is 0.145. The Balaban J connectivity index is 2.44. The number of carbonyl (C=O) groups is 2. The Morgan fingerprint density at radius 2 is 1.92 bits per heavy atom. The van der Waals surface area contributed by atoms with Gasteiger partial charge in [0.25, 0.3) is 6.47 Å². The van der Waals surface area contributed by atoms with Gasteiger partial charge in [0.15, 0.2) is 0 Å². The second kappa shape index (κ2) is 13.1. The predicted octanol–water partition coefficient (Wildman–Crippen LogP) is 3.92. The first kappa shape index (κ1) is 20.9. The molecule has 1 unspecified atom stereocenters. The molecule has 0 heterocycles. The highest BCUT2D eigenvalue weighted by molar-refractivity contribution is 5.87. The van der Waals surface area contributed by atoms with Crippen LogP contribution in [-0.4, -0.2) is 30.9 Å². The lowest BCUT2D eigenvalue weighted by atomic mass is 10.0. The highest BCUT2D eigenvalue weighted by Crippen LogP contribution is 2.21. The summed E-state index contributed by atoms with van der Waals surface area (Å²) in [5.41, 5.74) is 1.57. The van der Waals surface area contributed by atoms with Crippen molar-refractivity contribution < 1.29 is 29.2 Å². The van der Waals surface area contributed by atoms with E-state index in [0.717, 1.165) is 36.8 Å². The summed E-state index contributed by atoms with van der Waals surface area (Å²) in [6.45, 7) is 3.08. The van der Waals surface area contributed by atoms with Gasteiger partial charge in [-0.15, -0.1) is 0 Å². The zero-order chi connectivity index (χ0) is 18.3. The molecule has 1 rings (SSSR count). The number of hydrogen-bond donors (Lipinski definition) is 1. The van der Waals surface area contributed by atoms with E-state index >= 15 is 0 Å². The first-order valence-corrected chi connectivity index (χ1v) is 8.51. The number of benzene rings is 1. The number of hydrogen-bond acceptors (Lipinski definition) is 6. The third-order valence-electron chi connectivity index (χ3n) is 3.66. The van der Waals surface area contributed by atoms with E-state index in [-0.39, 0.29) is 12.6 Å². The summed E-state index contributed by atoms with van der Waals surface area (Å²) in [5, 5.41) is 8.94. The summed E-state index contributed by atoms with van der Waals surface area (Å²) >= 11 is 0. The molecule has 1 N–H and O–H groups in total. The van der Waals surface area contributed by atoms with Gasteiger partial charge in [-0.25, -0.2) is 9.68 Å². The van der Waals surface area contributed by atoms with E-state index < -0.39 is 6.10 Å². The van der Waals surface area contributed by atoms with Crippen LogP contribution in [0.5, 0.6) is 0 Å². The molecule has 6 heteroatoms. The van der Waals surface area contributed by atoms with Gasteiger partial charge in [-0.2, -0.15) is 0 Å². The molecule has 0 saturated heterocycles. The van der Waals surface area contributed by atoms with Crippen molar-refractivity contribution in [1.82, 2.24) is 0 Å². The van der Waals surface area contributed by atoms with Crippen LogP contribution >= 0.6 is 0 Å². The first-order chi connectivity index (χ1) is 12.2. The van der Waals surface area contributed by atoms with E-state index in [0.29, 0.717) is 19.5 Å². The second-order valence-electron chi connectivity index (χ2n) is 5.58. The molecule has 0 aliphatic carbocycles. The van der Waals surface area contributed by atoms with E-state index in [4.69, 9.17) is 9.99 Å². The highest BCUT2D eigenvalue weighted by Gasteiger charge is 2.12. The summed E-state index contributed by atoms with van der Waals surface area (Å²) in [6, 6.07) is 7.15. The molecular weight excluding hydrogens is 324 g/mol. The summed E-state index contributed by atoms with van der Waals surface area (Å²) in [6.07, 6.45) is 7.09. The monoisotopic (exact) mass is 350 g/mol. The van der Waals surface area contributed by atoms with Crippen molar-refractivity contribution in [3.05, 3.63) is 41.5 Å². The summed E-state index contributed by atoms with van der Waals surface area (Å²) < 4.78 is 9.72. The summed E-state index contributed by atoms with van der Waals surface area (Å²) in [4.78, 5) is 26.1. The first-order valence-electron chi connectivity index (χ1n) is 8.51. The zero-order valence-electron chi connectivity index (χ0n) is 14.6. The normalized spacial score (nSPS) is 12.1. The van der Waals surface area contributed by atoms with Crippen molar-refractivity contribution in [3.63, 3.8) is 0 Å². The Kier molecular flexibility index (Phi) is 11.0.